The van der Waals surface area contributed by atoms with E-state index in [1.165, 1.54) is 43.6 Å². The van der Waals surface area contributed by atoms with Gasteiger partial charge in [-0.15, -0.1) is 0 Å². The Kier molecular flexibility index (Phi) is 7.18. The molecule has 2 aliphatic rings. The van der Waals surface area contributed by atoms with Gasteiger partial charge in [-0.05, 0) is 62.4 Å². The second-order valence-corrected chi connectivity index (χ2v) is 7.55. The molecular weight excluding hydrogens is 324 g/mol. The number of hydrogen-bond acceptors (Lipinski definition) is 3. The van der Waals surface area contributed by atoms with E-state index in [0.717, 1.165) is 50.8 Å². The number of likely N-dealkylation sites (tertiary alicyclic amines) is 1. The summed E-state index contributed by atoms with van der Waals surface area (Å²) in [6, 6.07) is 6.57. The Morgan fingerprint density at radius 2 is 2.12 bits per heavy atom. The van der Waals surface area contributed by atoms with Gasteiger partial charge in [-0.25, -0.2) is 0 Å². The van der Waals surface area contributed by atoms with E-state index in [2.05, 4.69) is 47.6 Å². The second-order valence-electron chi connectivity index (χ2n) is 7.55. The van der Waals surface area contributed by atoms with Gasteiger partial charge in [0.15, 0.2) is 5.96 Å². The average Bonchev–Trinajstić information content (AvgIpc) is 3.30. The van der Waals surface area contributed by atoms with Crippen LogP contribution in [0.4, 0.5) is 0 Å². The Morgan fingerprint density at radius 1 is 1.27 bits per heavy atom. The predicted octanol–water partition coefficient (Wildman–Crippen LogP) is 2.45. The summed E-state index contributed by atoms with van der Waals surface area (Å²) in [7, 11) is 0. The van der Waals surface area contributed by atoms with Crippen molar-refractivity contribution >= 4 is 5.96 Å². The van der Waals surface area contributed by atoms with E-state index in [-0.39, 0.29) is 0 Å². The lowest BCUT2D eigenvalue weighted by molar-refractivity contribution is 0.291. The van der Waals surface area contributed by atoms with Gasteiger partial charge in [-0.1, -0.05) is 19.1 Å². The maximum atomic E-state index is 5.58. The van der Waals surface area contributed by atoms with Crippen molar-refractivity contribution in [2.45, 2.75) is 39.5 Å². The zero-order valence-electron chi connectivity index (χ0n) is 16.4. The molecule has 26 heavy (non-hydrogen) atoms. The minimum absolute atomic E-state index is 0.597. The molecule has 5 nitrogen and oxygen atoms in total. The summed E-state index contributed by atoms with van der Waals surface area (Å²) in [6.45, 7) is 11.6. The van der Waals surface area contributed by atoms with Gasteiger partial charge in [0.05, 0.1) is 6.61 Å². The topological polar surface area (TPSA) is 48.9 Å². The smallest absolute Gasteiger partial charge is 0.191 e. The summed E-state index contributed by atoms with van der Waals surface area (Å²) in [5.74, 6) is 2.59. The fraction of sp³-hybridized carbons (Fsp3) is 0.667. The lowest BCUT2D eigenvalue weighted by Crippen LogP contribution is -2.39. The van der Waals surface area contributed by atoms with Crippen LogP contribution in [0.1, 0.15) is 37.8 Å². The van der Waals surface area contributed by atoms with Gasteiger partial charge >= 0.3 is 0 Å². The third-order valence-corrected chi connectivity index (χ3v) is 5.13. The van der Waals surface area contributed by atoms with Crippen LogP contribution in [0.2, 0.25) is 0 Å². The van der Waals surface area contributed by atoms with Gasteiger partial charge in [-0.3, -0.25) is 4.99 Å². The maximum Gasteiger partial charge on any atom is 0.191 e. The molecule has 2 heterocycles. The van der Waals surface area contributed by atoms with E-state index < -0.39 is 0 Å². The molecule has 0 aliphatic carbocycles. The molecule has 1 saturated heterocycles. The molecule has 1 aromatic carbocycles. The first kappa shape index (κ1) is 19.0. The van der Waals surface area contributed by atoms with E-state index in [1.807, 2.05) is 0 Å². The van der Waals surface area contributed by atoms with Crippen LogP contribution >= 0.6 is 0 Å². The lowest BCUT2D eigenvalue weighted by atomic mass is 10.1. The highest BCUT2D eigenvalue weighted by atomic mass is 16.5. The molecule has 0 amide bonds. The third kappa shape index (κ3) is 5.63. The molecule has 1 fully saturated rings. The Balaban J connectivity index is 1.43. The molecule has 5 heteroatoms. The zero-order chi connectivity index (χ0) is 18.2. The highest BCUT2D eigenvalue weighted by molar-refractivity contribution is 5.79. The van der Waals surface area contributed by atoms with E-state index in [0.29, 0.717) is 5.92 Å². The van der Waals surface area contributed by atoms with Crippen LogP contribution in [0.15, 0.2) is 23.2 Å². The highest BCUT2D eigenvalue weighted by Crippen LogP contribution is 2.25. The second kappa shape index (κ2) is 9.81. The zero-order valence-corrected chi connectivity index (χ0v) is 16.4. The van der Waals surface area contributed by atoms with Gasteiger partial charge in [0, 0.05) is 32.6 Å². The number of benzene rings is 1. The van der Waals surface area contributed by atoms with Crippen molar-refractivity contribution in [3.05, 3.63) is 29.3 Å². The summed E-state index contributed by atoms with van der Waals surface area (Å²) < 4.78 is 5.58. The molecule has 1 aromatic rings. The van der Waals surface area contributed by atoms with Crippen LogP contribution in [0.5, 0.6) is 5.75 Å². The number of nitrogens with zero attached hydrogens (tertiary/aromatic N) is 2. The average molecular weight is 359 g/mol. The first-order valence-corrected chi connectivity index (χ1v) is 10.2. The third-order valence-electron chi connectivity index (χ3n) is 5.13. The van der Waals surface area contributed by atoms with Crippen LogP contribution in [-0.2, 0) is 12.8 Å². The van der Waals surface area contributed by atoms with Gasteiger partial charge in [0.1, 0.15) is 5.75 Å². The van der Waals surface area contributed by atoms with Gasteiger partial charge in [0.25, 0.3) is 0 Å². The Labute approximate surface area is 158 Å². The molecule has 2 aliphatic heterocycles. The number of ether oxygens (including phenoxy) is 1. The fourth-order valence-electron chi connectivity index (χ4n) is 3.77. The van der Waals surface area contributed by atoms with Crippen LogP contribution < -0.4 is 15.4 Å². The van der Waals surface area contributed by atoms with E-state index in [4.69, 9.17) is 9.73 Å². The van der Waals surface area contributed by atoms with Crippen molar-refractivity contribution in [3.63, 3.8) is 0 Å². The summed E-state index contributed by atoms with van der Waals surface area (Å²) in [4.78, 5) is 7.36. The minimum Gasteiger partial charge on any atom is -0.493 e. The van der Waals surface area contributed by atoms with Crippen molar-refractivity contribution in [2.24, 2.45) is 10.9 Å². The molecule has 144 valence electrons. The predicted molar refractivity (Wildman–Crippen MR) is 108 cm³/mol. The monoisotopic (exact) mass is 358 g/mol. The Morgan fingerprint density at radius 3 is 2.92 bits per heavy atom. The quantitative estimate of drug-likeness (QED) is 0.554. The highest BCUT2D eigenvalue weighted by Gasteiger charge is 2.14. The molecule has 1 unspecified atom stereocenters. The first-order chi connectivity index (χ1) is 12.7. The Hall–Kier alpha value is -1.75. The van der Waals surface area contributed by atoms with Crippen molar-refractivity contribution in [2.75, 3.05) is 45.9 Å². The molecule has 3 rings (SSSR count). The summed E-state index contributed by atoms with van der Waals surface area (Å²) in [6.07, 6.45) is 4.75. The summed E-state index contributed by atoms with van der Waals surface area (Å²) in [5.41, 5.74) is 2.71. The van der Waals surface area contributed by atoms with Crippen LogP contribution in [-0.4, -0.2) is 56.7 Å². The number of fused-ring (bicyclic) bond motifs is 1. The molecular formula is C21H34N4O. The number of guanidine groups is 1. The van der Waals surface area contributed by atoms with Crippen molar-refractivity contribution < 1.29 is 4.74 Å². The van der Waals surface area contributed by atoms with Crippen LogP contribution in [0.3, 0.4) is 0 Å². The fourth-order valence-corrected chi connectivity index (χ4v) is 3.77. The first-order valence-electron chi connectivity index (χ1n) is 10.2. The Bertz CT molecular complexity index is 596. The van der Waals surface area contributed by atoms with Crippen LogP contribution in [0, 0.1) is 5.92 Å². The van der Waals surface area contributed by atoms with E-state index in [1.54, 1.807) is 0 Å². The molecule has 0 aromatic heterocycles. The van der Waals surface area contributed by atoms with Crippen molar-refractivity contribution in [1.82, 2.24) is 15.5 Å². The number of hydrogen-bond donors (Lipinski definition) is 2. The van der Waals surface area contributed by atoms with Crippen LogP contribution in [0.25, 0.3) is 0 Å². The normalized spacial score (nSPS) is 18.5. The standard InChI is InChI=1S/C21H34N4O/c1-3-22-21(24-15-17(2)16-25-11-4-5-12-25)23-10-8-18-6-7-20-19(14-18)9-13-26-20/h6-7,14,17H,3-5,8-13,15-16H2,1-2H3,(H2,22,23,24). The number of rotatable bonds is 8. The summed E-state index contributed by atoms with van der Waals surface area (Å²) in [5, 5.41) is 6.84. The number of nitrogens with one attached hydrogen (secondary N) is 2. The van der Waals surface area contributed by atoms with Gasteiger partial charge < -0.3 is 20.3 Å². The molecule has 0 spiro atoms. The lowest BCUT2D eigenvalue weighted by Gasteiger charge is -2.19. The summed E-state index contributed by atoms with van der Waals surface area (Å²) >= 11 is 0. The van der Waals surface area contributed by atoms with E-state index >= 15 is 0 Å². The number of aliphatic imine (C=N–C) groups is 1. The maximum absolute atomic E-state index is 5.58. The van der Waals surface area contributed by atoms with Gasteiger partial charge in [-0.2, -0.15) is 0 Å². The van der Waals surface area contributed by atoms with E-state index in [9.17, 15) is 0 Å². The SMILES string of the molecule is CCNC(=NCC(C)CN1CCCC1)NCCc1ccc2c(c1)CCO2. The van der Waals surface area contributed by atoms with Crippen molar-refractivity contribution in [3.8, 4) is 5.75 Å². The minimum atomic E-state index is 0.597. The van der Waals surface area contributed by atoms with Crippen molar-refractivity contribution in [1.29, 1.82) is 0 Å². The molecule has 0 radical (unpaired) electrons. The molecule has 0 saturated carbocycles. The molecule has 2 N–H and O–H groups in total. The van der Waals surface area contributed by atoms with Gasteiger partial charge in [0.2, 0.25) is 0 Å². The molecule has 0 bridgehead atoms. The largest absolute Gasteiger partial charge is 0.493 e. The molecule has 1 atom stereocenters.